The Hall–Kier alpha value is -1.85. The monoisotopic (exact) mass is 295 g/mol. The minimum absolute atomic E-state index is 0.153. The highest BCUT2D eigenvalue weighted by molar-refractivity contribution is 5.96. The molecule has 0 aliphatic heterocycles. The van der Waals surface area contributed by atoms with Crippen LogP contribution < -0.4 is 5.32 Å². The largest absolute Gasteiger partial charge is 0.481 e. The highest BCUT2D eigenvalue weighted by Crippen LogP contribution is 2.14. The van der Waals surface area contributed by atoms with Crippen LogP contribution in [0.2, 0.25) is 0 Å². The van der Waals surface area contributed by atoms with Gasteiger partial charge in [-0.3, -0.25) is 14.3 Å². The number of aliphatic carboxylic acids is 1. The maximum absolute atomic E-state index is 12.3. The van der Waals surface area contributed by atoms with Crippen molar-refractivity contribution in [1.29, 1.82) is 0 Å². The van der Waals surface area contributed by atoms with Gasteiger partial charge < -0.3 is 10.4 Å². The van der Waals surface area contributed by atoms with Gasteiger partial charge in [-0.05, 0) is 26.7 Å². The maximum Gasteiger partial charge on any atom is 0.308 e. The molecule has 0 bridgehead atoms. The molecule has 2 N–H and O–H groups in total. The number of carbonyl (C=O) groups excluding carboxylic acids is 1. The van der Waals surface area contributed by atoms with Crippen molar-refractivity contribution < 1.29 is 14.7 Å². The zero-order chi connectivity index (χ0) is 16.0. The number of amides is 1. The fourth-order valence-corrected chi connectivity index (χ4v) is 2.42. The van der Waals surface area contributed by atoms with Crippen LogP contribution >= 0.6 is 0 Å². The molecule has 6 nitrogen and oxygen atoms in total. The van der Waals surface area contributed by atoms with E-state index in [0.29, 0.717) is 17.7 Å². The van der Waals surface area contributed by atoms with E-state index < -0.39 is 11.9 Å². The third-order valence-corrected chi connectivity index (χ3v) is 3.54. The molecule has 1 atom stereocenters. The summed E-state index contributed by atoms with van der Waals surface area (Å²) in [5.74, 6) is -1.65. The summed E-state index contributed by atoms with van der Waals surface area (Å²) in [4.78, 5) is 23.4. The summed E-state index contributed by atoms with van der Waals surface area (Å²) in [5.41, 5.74) is 2.07. The van der Waals surface area contributed by atoms with Crippen LogP contribution in [0.25, 0.3) is 0 Å². The van der Waals surface area contributed by atoms with Gasteiger partial charge in [-0.15, -0.1) is 0 Å². The van der Waals surface area contributed by atoms with Gasteiger partial charge >= 0.3 is 5.97 Å². The topological polar surface area (TPSA) is 84.2 Å². The highest BCUT2D eigenvalue weighted by atomic mass is 16.4. The molecule has 6 heteroatoms. The number of hydrogen-bond acceptors (Lipinski definition) is 3. The molecule has 0 saturated heterocycles. The van der Waals surface area contributed by atoms with Crippen LogP contribution in [0.1, 0.15) is 54.9 Å². The summed E-state index contributed by atoms with van der Waals surface area (Å²) < 4.78 is 1.82. The molecule has 1 aromatic rings. The molecular formula is C15H25N3O3. The average molecular weight is 295 g/mol. The maximum atomic E-state index is 12.3. The van der Waals surface area contributed by atoms with Crippen LogP contribution in [-0.2, 0) is 11.3 Å². The summed E-state index contributed by atoms with van der Waals surface area (Å²) in [6.45, 7) is 8.58. The van der Waals surface area contributed by atoms with Crippen molar-refractivity contribution in [1.82, 2.24) is 15.1 Å². The van der Waals surface area contributed by atoms with Gasteiger partial charge in [0.2, 0.25) is 0 Å². The third kappa shape index (κ3) is 4.31. The summed E-state index contributed by atoms with van der Waals surface area (Å²) >= 11 is 0. The van der Waals surface area contributed by atoms with Crippen molar-refractivity contribution in [3.05, 3.63) is 17.0 Å². The van der Waals surface area contributed by atoms with Crippen molar-refractivity contribution in [2.45, 2.75) is 53.5 Å². The smallest absolute Gasteiger partial charge is 0.308 e. The van der Waals surface area contributed by atoms with Crippen LogP contribution in [0.4, 0.5) is 0 Å². The summed E-state index contributed by atoms with van der Waals surface area (Å²) in [5, 5.41) is 16.2. The zero-order valence-electron chi connectivity index (χ0n) is 13.3. The molecule has 1 heterocycles. The van der Waals surface area contributed by atoms with Crippen molar-refractivity contribution in [3.63, 3.8) is 0 Å². The molecular weight excluding hydrogens is 270 g/mol. The Morgan fingerprint density at radius 2 is 1.95 bits per heavy atom. The Balaban J connectivity index is 2.78. The van der Waals surface area contributed by atoms with Gasteiger partial charge in [-0.2, -0.15) is 5.10 Å². The van der Waals surface area contributed by atoms with Crippen LogP contribution in [0.5, 0.6) is 0 Å². The molecule has 1 amide bonds. The molecule has 0 spiro atoms. The SMILES string of the molecule is CCCC(CNC(=O)c1c(C)nn(CCC)c1C)C(=O)O. The average Bonchev–Trinajstić information content (AvgIpc) is 2.69. The summed E-state index contributed by atoms with van der Waals surface area (Å²) in [7, 11) is 0. The fraction of sp³-hybridized carbons (Fsp3) is 0.667. The first kappa shape index (κ1) is 17.2. The van der Waals surface area contributed by atoms with E-state index in [1.807, 2.05) is 18.5 Å². The Labute approximate surface area is 125 Å². The molecule has 0 saturated carbocycles. The lowest BCUT2D eigenvalue weighted by molar-refractivity contribution is -0.141. The minimum atomic E-state index is -0.868. The highest BCUT2D eigenvalue weighted by Gasteiger charge is 2.21. The van der Waals surface area contributed by atoms with Crippen LogP contribution in [0.15, 0.2) is 0 Å². The predicted octanol–water partition coefficient (Wildman–Crippen LogP) is 2.14. The molecule has 1 unspecified atom stereocenters. The van der Waals surface area contributed by atoms with E-state index in [9.17, 15) is 9.59 Å². The molecule has 0 fully saturated rings. The Bertz CT molecular complexity index is 509. The molecule has 21 heavy (non-hydrogen) atoms. The zero-order valence-corrected chi connectivity index (χ0v) is 13.3. The first-order valence-corrected chi connectivity index (χ1v) is 7.47. The normalized spacial score (nSPS) is 12.2. The number of rotatable bonds is 8. The second-order valence-corrected chi connectivity index (χ2v) is 5.30. The number of aromatic nitrogens is 2. The second-order valence-electron chi connectivity index (χ2n) is 5.30. The van der Waals surface area contributed by atoms with E-state index in [4.69, 9.17) is 5.11 Å². The molecule has 0 aliphatic rings. The Morgan fingerprint density at radius 1 is 1.29 bits per heavy atom. The molecule has 1 rings (SSSR count). The van der Waals surface area contributed by atoms with Crippen LogP contribution in [0.3, 0.4) is 0 Å². The molecule has 0 radical (unpaired) electrons. The van der Waals surface area contributed by atoms with Crippen LogP contribution in [-0.4, -0.2) is 33.3 Å². The molecule has 0 aromatic carbocycles. The van der Waals surface area contributed by atoms with Gasteiger partial charge in [-0.1, -0.05) is 20.3 Å². The predicted molar refractivity (Wildman–Crippen MR) is 80.4 cm³/mol. The summed E-state index contributed by atoms with van der Waals surface area (Å²) in [6.07, 6.45) is 2.28. The van der Waals surface area contributed by atoms with Gasteiger partial charge in [0.05, 0.1) is 17.2 Å². The number of nitrogens with zero attached hydrogens (tertiary/aromatic N) is 2. The van der Waals surface area contributed by atoms with Gasteiger partial charge in [0.1, 0.15) is 0 Å². The Kier molecular flexibility index (Phi) is 6.39. The lowest BCUT2D eigenvalue weighted by atomic mass is 10.0. The first-order chi connectivity index (χ1) is 9.92. The van der Waals surface area contributed by atoms with E-state index in [2.05, 4.69) is 17.3 Å². The number of aryl methyl sites for hydroxylation is 2. The van der Waals surface area contributed by atoms with E-state index in [1.54, 1.807) is 6.92 Å². The number of carboxylic acids is 1. The molecule has 0 aliphatic carbocycles. The van der Waals surface area contributed by atoms with Gasteiger partial charge in [-0.25, -0.2) is 0 Å². The quantitative estimate of drug-likeness (QED) is 0.769. The lowest BCUT2D eigenvalue weighted by Gasteiger charge is -2.12. The van der Waals surface area contributed by atoms with Gasteiger partial charge in [0.25, 0.3) is 5.91 Å². The van der Waals surface area contributed by atoms with Crippen molar-refractivity contribution in [3.8, 4) is 0 Å². The van der Waals surface area contributed by atoms with E-state index in [1.165, 1.54) is 0 Å². The van der Waals surface area contributed by atoms with E-state index in [-0.39, 0.29) is 12.5 Å². The van der Waals surface area contributed by atoms with Crippen molar-refractivity contribution in [2.24, 2.45) is 5.92 Å². The number of nitrogens with one attached hydrogen (secondary N) is 1. The van der Waals surface area contributed by atoms with Crippen molar-refractivity contribution >= 4 is 11.9 Å². The lowest BCUT2D eigenvalue weighted by Crippen LogP contribution is -2.33. The second kappa shape index (κ2) is 7.81. The fourth-order valence-electron chi connectivity index (χ4n) is 2.42. The standard InChI is InChI=1S/C15H25N3O3/c1-5-7-12(15(20)21)9-16-14(19)13-10(3)17-18(8-6-2)11(13)4/h12H,5-9H2,1-4H3,(H,16,19)(H,20,21). The number of carbonyl (C=O) groups is 2. The Morgan fingerprint density at radius 3 is 2.48 bits per heavy atom. The van der Waals surface area contributed by atoms with E-state index >= 15 is 0 Å². The van der Waals surface area contributed by atoms with E-state index in [0.717, 1.165) is 25.1 Å². The number of hydrogen-bond donors (Lipinski definition) is 2. The van der Waals surface area contributed by atoms with Gasteiger partial charge in [0, 0.05) is 18.8 Å². The minimum Gasteiger partial charge on any atom is -0.481 e. The first-order valence-electron chi connectivity index (χ1n) is 7.47. The third-order valence-electron chi connectivity index (χ3n) is 3.54. The molecule has 118 valence electrons. The van der Waals surface area contributed by atoms with Crippen molar-refractivity contribution in [2.75, 3.05) is 6.54 Å². The van der Waals surface area contributed by atoms with Crippen LogP contribution in [0, 0.1) is 19.8 Å². The summed E-state index contributed by atoms with van der Waals surface area (Å²) in [6, 6.07) is 0. The number of carboxylic acid groups (broad SMARTS) is 1. The molecule has 1 aromatic heterocycles. The van der Waals surface area contributed by atoms with Gasteiger partial charge in [0.15, 0.2) is 0 Å².